The fourth-order valence-corrected chi connectivity index (χ4v) is 2.05. The summed E-state index contributed by atoms with van der Waals surface area (Å²) in [4.78, 5) is 22.7. The number of carboxylic acid groups (broad SMARTS) is 1. The first-order chi connectivity index (χ1) is 8.60. The molecule has 1 aliphatic carbocycles. The predicted octanol–water partition coefficient (Wildman–Crippen LogP) is 0.0961. The summed E-state index contributed by atoms with van der Waals surface area (Å²) in [5.74, 6) is -2.06. The summed E-state index contributed by atoms with van der Waals surface area (Å²) < 4.78 is 5.04. The molecule has 1 rings (SSSR count). The molecule has 0 radical (unpaired) electrons. The molecule has 0 heterocycles. The summed E-state index contributed by atoms with van der Waals surface area (Å²) in [7, 11) is 0. The lowest BCUT2D eigenvalue weighted by Crippen LogP contribution is -2.53. The van der Waals surface area contributed by atoms with E-state index < -0.39 is 41.8 Å². The zero-order valence-corrected chi connectivity index (χ0v) is 11.3. The third-order valence-corrected chi connectivity index (χ3v) is 2.94. The van der Waals surface area contributed by atoms with Crippen LogP contribution in [-0.2, 0) is 9.53 Å². The van der Waals surface area contributed by atoms with Gasteiger partial charge in [-0.05, 0) is 33.6 Å². The number of aliphatic hydroxyl groups excluding tert-OH is 2. The molecule has 7 heteroatoms. The Morgan fingerprint density at radius 1 is 1.16 bits per heavy atom. The maximum Gasteiger partial charge on any atom is 0.407 e. The lowest BCUT2D eigenvalue weighted by molar-refractivity contribution is -0.147. The van der Waals surface area contributed by atoms with Crippen LogP contribution in [0, 0.1) is 5.92 Å². The summed E-state index contributed by atoms with van der Waals surface area (Å²) in [5.41, 5.74) is -0.685. The molecule has 0 aromatic carbocycles. The third kappa shape index (κ3) is 4.68. The molecule has 1 saturated carbocycles. The van der Waals surface area contributed by atoms with Gasteiger partial charge in [-0.2, -0.15) is 0 Å². The fourth-order valence-electron chi connectivity index (χ4n) is 2.05. The Labute approximate surface area is 111 Å². The SMILES string of the molecule is CC(C)(C)OC(=O)N[C@@H]1C[C@@H](O)[C@@H](O)C[C@@H]1C(=O)O. The molecule has 0 saturated heterocycles. The number of aliphatic carboxylic acids is 1. The molecule has 1 fully saturated rings. The van der Waals surface area contributed by atoms with Crippen molar-refractivity contribution in [3.8, 4) is 0 Å². The highest BCUT2D eigenvalue weighted by atomic mass is 16.6. The summed E-state index contributed by atoms with van der Waals surface area (Å²) in [6.45, 7) is 5.09. The van der Waals surface area contributed by atoms with Crippen molar-refractivity contribution in [1.82, 2.24) is 5.32 Å². The number of carboxylic acids is 1. The van der Waals surface area contributed by atoms with Gasteiger partial charge in [0.2, 0.25) is 0 Å². The van der Waals surface area contributed by atoms with E-state index in [1.165, 1.54) is 0 Å². The Morgan fingerprint density at radius 2 is 1.68 bits per heavy atom. The number of aliphatic hydroxyl groups is 2. The quantitative estimate of drug-likeness (QED) is 0.568. The van der Waals surface area contributed by atoms with Gasteiger partial charge in [0.05, 0.1) is 18.1 Å². The molecule has 110 valence electrons. The first-order valence-corrected chi connectivity index (χ1v) is 6.18. The van der Waals surface area contributed by atoms with E-state index in [2.05, 4.69) is 5.32 Å². The van der Waals surface area contributed by atoms with Gasteiger partial charge in [-0.1, -0.05) is 0 Å². The number of nitrogens with one attached hydrogen (secondary N) is 1. The van der Waals surface area contributed by atoms with E-state index in [1.807, 2.05) is 0 Å². The second kappa shape index (κ2) is 5.75. The largest absolute Gasteiger partial charge is 0.481 e. The van der Waals surface area contributed by atoms with Gasteiger partial charge in [0.15, 0.2) is 0 Å². The normalized spacial score (nSPS) is 31.6. The van der Waals surface area contributed by atoms with Crippen LogP contribution in [0.25, 0.3) is 0 Å². The van der Waals surface area contributed by atoms with E-state index in [4.69, 9.17) is 9.84 Å². The Hall–Kier alpha value is -1.34. The van der Waals surface area contributed by atoms with Crippen molar-refractivity contribution < 1.29 is 29.6 Å². The van der Waals surface area contributed by atoms with Gasteiger partial charge < -0.3 is 25.4 Å². The number of carbonyl (C=O) groups is 2. The number of ether oxygens (including phenoxy) is 1. The van der Waals surface area contributed by atoms with Crippen LogP contribution >= 0.6 is 0 Å². The number of hydrogen-bond acceptors (Lipinski definition) is 5. The molecule has 1 amide bonds. The van der Waals surface area contributed by atoms with Crippen LogP contribution in [0.2, 0.25) is 0 Å². The zero-order chi connectivity index (χ0) is 14.8. The predicted molar refractivity (Wildman–Crippen MR) is 65.5 cm³/mol. The number of rotatable bonds is 2. The van der Waals surface area contributed by atoms with Crippen LogP contribution in [0.4, 0.5) is 4.79 Å². The third-order valence-electron chi connectivity index (χ3n) is 2.94. The summed E-state index contributed by atoms with van der Waals surface area (Å²) in [6, 6.07) is -0.759. The minimum Gasteiger partial charge on any atom is -0.481 e. The van der Waals surface area contributed by atoms with Gasteiger partial charge in [0.25, 0.3) is 0 Å². The second-order valence-corrected chi connectivity index (χ2v) is 5.80. The Kier molecular flexibility index (Phi) is 4.75. The van der Waals surface area contributed by atoms with Crippen molar-refractivity contribution >= 4 is 12.1 Å². The molecule has 0 bridgehead atoms. The van der Waals surface area contributed by atoms with Crippen molar-refractivity contribution in [2.75, 3.05) is 0 Å². The summed E-state index contributed by atoms with van der Waals surface area (Å²) >= 11 is 0. The Bertz CT molecular complexity index is 351. The highest BCUT2D eigenvalue weighted by molar-refractivity contribution is 5.74. The van der Waals surface area contributed by atoms with E-state index in [0.717, 1.165) is 0 Å². The zero-order valence-electron chi connectivity index (χ0n) is 11.3. The molecule has 19 heavy (non-hydrogen) atoms. The van der Waals surface area contributed by atoms with Crippen LogP contribution in [0.5, 0.6) is 0 Å². The van der Waals surface area contributed by atoms with Crippen LogP contribution in [0.1, 0.15) is 33.6 Å². The molecule has 0 aliphatic heterocycles. The molecule has 0 aromatic rings. The number of amides is 1. The molecule has 4 atom stereocenters. The average Bonchev–Trinajstić information content (AvgIpc) is 2.19. The first-order valence-electron chi connectivity index (χ1n) is 6.18. The van der Waals surface area contributed by atoms with Crippen LogP contribution in [0.3, 0.4) is 0 Å². The lowest BCUT2D eigenvalue weighted by atomic mass is 9.81. The summed E-state index contributed by atoms with van der Waals surface area (Å²) in [5, 5.41) is 30.6. The molecular formula is C12H21NO6. The maximum absolute atomic E-state index is 11.6. The average molecular weight is 275 g/mol. The van der Waals surface area contributed by atoms with E-state index in [9.17, 15) is 19.8 Å². The number of hydrogen-bond donors (Lipinski definition) is 4. The van der Waals surface area contributed by atoms with Crippen molar-refractivity contribution in [2.24, 2.45) is 5.92 Å². The van der Waals surface area contributed by atoms with Gasteiger partial charge in [0, 0.05) is 6.04 Å². The minimum atomic E-state index is -1.12. The fraction of sp³-hybridized carbons (Fsp3) is 0.833. The molecule has 0 aromatic heterocycles. The number of alkyl carbamates (subject to hydrolysis) is 1. The smallest absolute Gasteiger partial charge is 0.407 e. The molecule has 4 N–H and O–H groups in total. The van der Waals surface area contributed by atoms with Crippen molar-refractivity contribution in [3.63, 3.8) is 0 Å². The van der Waals surface area contributed by atoms with Gasteiger partial charge in [-0.3, -0.25) is 4.79 Å². The van der Waals surface area contributed by atoms with E-state index in [1.54, 1.807) is 20.8 Å². The van der Waals surface area contributed by atoms with Gasteiger partial charge in [-0.15, -0.1) is 0 Å². The van der Waals surface area contributed by atoms with Crippen LogP contribution < -0.4 is 5.32 Å². The van der Waals surface area contributed by atoms with Crippen molar-refractivity contribution in [3.05, 3.63) is 0 Å². The minimum absolute atomic E-state index is 0.0165. The van der Waals surface area contributed by atoms with Crippen molar-refractivity contribution in [2.45, 2.75) is 57.5 Å². The molecule has 0 unspecified atom stereocenters. The topological polar surface area (TPSA) is 116 Å². The molecule has 7 nitrogen and oxygen atoms in total. The van der Waals surface area contributed by atoms with E-state index >= 15 is 0 Å². The summed E-state index contributed by atoms with van der Waals surface area (Å²) in [6.07, 6.45) is -2.98. The monoisotopic (exact) mass is 275 g/mol. The second-order valence-electron chi connectivity index (χ2n) is 5.80. The van der Waals surface area contributed by atoms with Crippen molar-refractivity contribution in [1.29, 1.82) is 0 Å². The van der Waals surface area contributed by atoms with Gasteiger partial charge >= 0.3 is 12.1 Å². The number of carbonyl (C=O) groups excluding carboxylic acids is 1. The Morgan fingerprint density at radius 3 is 2.16 bits per heavy atom. The highest BCUT2D eigenvalue weighted by Crippen LogP contribution is 2.26. The first kappa shape index (κ1) is 15.7. The van der Waals surface area contributed by atoms with Crippen LogP contribution in [-0.4, -0.2) is 51.2 Å². The van der Waals surface area contributed by atoms with E-state index in [-0.39, 0.29) is 12.8 Å². The van der Waals surface area contributed by atoms with Gasteiger partial charge in [-0.25, -0.2) is 4.79 Å². The standard InChI is InChI=1S/C12H21NO6/c1-12(2,3)19-11(18)13-7-5-9(15)8(14)4-6(7)10(16)17/h6-9,14-15H,4-5H2,1-3H3,(H,13,18)(H,16,17)/t6-,7+,8-,9+/m0/s1. The molecule has 1 aliphatic rings. The van der Waals surface area contributed by atoms with Crippen LogP contribution in [0.15, 0.2) is 0 Å². The molecular weight excluding hydrogens is 254 g/mol. The lowest BCUT2D eigenvalue weighted by Gasteiger charge is -2.35. The Balaban J connectivity index is 2.68. The maximum atomic E-state index is 11.6. The molecule has 0 spiro atoms. The van der Waals surface area contributed by atoms with E-state index in [0.29, 0.717) is 0 Å². The van der Waals surface area contributed by atoms with Gasteiger partial charge in [0.1, 0.15) is 5.60 Å². The highest BCUT2D eigenvalue weighted by Gasteiger charge is 2.40.